The third-order valence-electron chi connectivity index (χ3n) is 3.95. The summed E-state index contributed by atoms with van der Waals surface area (Å²) >= 11 is 5.46. The zero-order chi connectivity index (χ0) is 13.5. The first-order valence-corrected chi connectivity index (χ1v) is 7.20. The molecule has 4 rings (SSSR count). The molecule has 3 heterocycles. The van der Waals surface area contributed by atoms with E-state index in [2.05, 4.69) is 31.1 Å². The van der Waals surface area contributed by atoms with Crippen molar-refractivity contribution >= 4 is 23.4 Å². The Morgan fingerprint density at radius 2 is 2.05 bits per heavy atom. The van der Waals surface area contributed by atoms with Crippen LogP contribution in [0.3, 0.4) is 0 Å². The third kappa shape index (κ3) is 1.77. The molecule has 1 aliphatic rings. The van der Waals surface area contributed by atoms with E-state index < -0.39 is 0 Å². The molecule has 2 N–H and O–H groups in total. The highest BCUT2D eigenvalue weighted by atomic mass is 32.1. The van der Waals surface area contributed by atoms with Gasteiger partial charge in [-0.25, -0.2) is 19.6 Å². The molecule has 1 fully saturated rings. The Morgan fingerprint density at radius 1 is 1.20 bits per heavy atom. The van der Waals surface area contributed by atoms with Crippen LogP contribution in [0.1, 0.15) is 37.3 Å². The molecule has 0 spiro atoms. The molecular formula is C13H14N6S. The summed E-state index contributed by atoms with van der Waals surface area (Å²) in [4.78, 5) is 15.7. The minimum absolute atomic E-state index is 0.594. The van der Waals surface area contributed by atoms with Gasteiger partial charge in [-0.05, 0) is 18.9 Å². The van der Waals surface area contributed by atoms with E-state index in [9.17, 15) is 0 Å². The van der Waals surface area contributed by atoms with Crippen molar-refractivity contribution < 1.29 is 0 Å². The minimum Gasteiger partial charge on any atom is -0.340 e. The van der Waals surface area contributed by atoms with Gasteiger partial charge in [0.2, 0.25) is 0 Å². The molecule has 0 bridgehead atoms. The number of imidazole rings is 1. The summed E-state index contributed by atoms with van der Waals surface area (Å²) in [7, 11) is 0. The smallest absolute Gasteiger partial charge is 0.182 e. The molecule has 20 heavy (non-hydrogen) atoms. The summed E-state index contributed by atoms with van der Waals surface area (Å²) in [6.45, 7) is 0. The Bertz CT molecular complexity index is 807. The second-order valence-corrected chi connectivity index (χ2v) is 5.58. The highest BCUT2D eigenvalue weighted by Gasteiger charge is 2.20. The average Bonchev–Trinajstić information content (AvgIpc) is 3.18. The Labute approximate surface area is 120 Å². The molecule has 0 aromatic carbocycles. The van der Waals surface area contributed by atoms with E-state index >= 15 is 0 Å². The monoisotopic (exact) mass is 286 g/mol. The van der Waals surface area contributed by atoms with Crippen LogP contribution in [0.5, 0.6) is 0 Å². The maximum absolute atomic E-state index is 5.46. The van der Waals surface area contributed by atoms with Gasteiger partial charge >= 0.3 is 0 Å². The molecule has 3 aromatic heterocycles. The molecule has 3 aromatic rings. The molecular weight excluding hydrogens is 272 g/mol. The van der Waals surface area contributed by atoms with E-state index in [1.165, 1.54) is 37.7 Å². The predicted octanol–water partition coefficient (Wildman–Crippen LogP) is 2.86. The lowest BCUT2D eigenvalue weighted by atomic mass is 10.1. The number of H-pyrrole nitrogens is 2. The Kier molecular flexibility index (Phi) is 2.66. The second kappa shape index (κ2) is 4.52. The fraction of sp³-hybridized carbons (Fsp3) is 0.385. The second-order valence-electron chi connectivity index (χ2n) is 5.16. The highest BCUT2D eigenvalue weighted by molar-refractivity contribution is 7.71. The summed E-state index contributed by atoms with van der Waals surface area (Å²) in [5.41, 5.74) is 2.65. The van der Waals surface area contributed by atoms with Gasteiger partial charge in [0.15, 0.2) is 11.5 Å². The predicted molar refractivity (Wildman–Crippen MR) is 77.4 cm³/mol. The molecule has 0 aliphatic heterocycles. The van der Waals surface area contributed by atoms with Crippen molar-refractivity contribution in [2.45, 2.75) is 31.6 Å². The average molecular weight is 286 g/mol. The van der Waals surface area contributed by atoms with Crippen LogP contribution >= 0.6 is 12.2 Å². The SMILES string of the molecule is S=c1cc(C2CCCC2)[nH]n1-c1ncnc2nc[nH]c12. The van der Waals surface area contributed by atoms with Gasteiger partial charge in [0.25, 0.3) is 0 Å². The van der Waals surface area contributed by atoms with Gasteiger partial charge in [-0.2, -0.15) is 0 Å². The fourth-order valence-corrected chi connectivity index (χ4v) is 3.20. The Morgan fingerprint density at radius 3 is 2.90 bits per heavy atom. The van der Waals surface area contributed by atoms with Crippen molar-refractivity contribution in [3.05, 3.63) is 29.1 Å². The summed E-state index contributed by atoms with van der Waals surface area (Å²) in [6.07, 6.45) is 8.20. The van der Waals surface area contributed by atoms with Gasteiger partial charge in [0.1, 0.15) is 16.5 Å². The molecule has 1 aliphatic carbocycles. The summed E-state index contributed by atoms with van der Waals surface area (Å²) < 4.78 is 2.58. The maximum Gasteiger partial charge on any atom is 0.182 e. The lowest BCUT2D eigenvalue weighted by Crippen LogP contribution is -2.03. The van der Waals surface area contributed by atoms with Crippen LogP contribution in [0.15, 0.2) is 18.7 Å². The number of aromatic amines is 2. The summed E-state index contributed by atoms with van der Waals surface area (Å²) in [5, 5.41) is 3.40. The minimum atomic E-state index is 0.594. The largest absolute Gasteiger partial charge is 0.340 e. The fourth-order valence-electron chi connectivity index (χ4n) is 2.94. The molecule has 0 amide bonds. The molecule has 0 unspecified atom stereocenters. The van der Waals surface area contributed by atoms with Gasteiger partial charge in [0.05, 0.1) is 6.33 Å². The topological polar surface area (TPSA) is 75.2 Å². The van der Waals surface area contributed by atoms with Crippen LogP contribution in [-0.4, -0.2) is 29.7 Å². The molecule has 7 heteroatoms. The standard InChI is InChI=1S/C13H14N6S/c20-10-5-9(8-3-1-2-4-8)18-19(10)13-11-12(15-6-14-11)16-7-17-13/h5-8,18H,1-4H2,(H,14,15,16,17). The van der Waals surface area contributed by atoms with Crippen molar-refractivity contribution in [3.63, 3.8) is 0 Å². The van der Waals surface area contributed by atoms with Crippen LogP contribution < -0.4 is 0 Å². The molecule has 0 saturated heterocycles. The van der Waals surface area contributed by atoms with E-state index in [0.29, 0.717) is 11.6 Å². The number of nitrogens with one attached hydrogen (secondary N) is 2. The van der Waals surface area contributed by atoms with Gasteiger partial charge in [-0.3, -0.25) is 5.10 Å². The quantitative estimate of drug-likeness (QED) is 0.710. The van der Waals surface area contributed by atoms with Crippen molar-refractivity contribution in [1.82, 2.24) is 29.7 Å². The van der Waals surface area contributed by atoms with Crippen molar-refractivity contribution in [1.29, 1.82) is 0 Å². The number of rotatable bonds is 2. The Balaban J connectivity index is 1.86. The number of nitrogens with zero attached hydrogens (tertiary/aromatic N) is 4. The lowest BCUT2D eigenvalue weighted by molar-refractivity contribution is 0.675. The van der Waals surface area contributed by atoms with E-state index in [-0.39, 0.29) is 0 Å². The van der Waals surface area contributed by atoms with Gasteiger partial charge < -0.3 is 4.98 Å². The highest BCUT2D eigenvalue weighted by Crippen LogP contribution is 2.33. The molecule has 0 radical (unpaired) electrons. The zero-order valence-electron chi connectivity index (χ0n) is 10.8. The zero-order valence-corrected chi connectivity index (χ0v) is 11.7. The van der Waals surface area contributed by atoms with E-state index in [0.717, 1.165) is 16.0 Å². The van der Waals surface area contributed by atoms with Crippen LogP contribution in [0.2, 0.25) is 0 Å². The van der Waals surface area contributed by atoms with Crippen LogP contribution in [0, 0.1) is 4.64 Å². The van der Waals surface area contributed by atoms with Crippen molar-refractivity contribution in [3.8, 4) is 5.82 Å². The number of fused-ring (bicyclic) bond motifs is 1. The first-order chi connectivity index (χ1) is 9.83. The van der Waals surface area contributed by atoms with Gasteiger partial charge in [-0.15, -0.1) is 0 Å². The number of hydrogen-bond acceptors (Lipinski definition) is 4. The number of aromatic nitrogens is 6. The van der Waals surface area contributed by atoms with Gasteiger partial charge in [0, 0.05) is 11.6 Å². The van der Waals surface area contributed by atoms with Crippen LogP contribution in [0.4, 0.5) is 0 Å². The van der Waals surface area contributed by atoms with Crippen molar-refractivity contribution in [2.24, 2.45) is 0 Å². The van der Waals surface area contributed by atoms with Crippen LogP contribution in [0.25, 0.3) is 17.0 Å². The summed E-state index contributed by atoms with van der Waals surface area (Å²) in [5.74, 6) is 1.32. The Hall–Kier alpha value is -2.02. The number of hydrogen-bond donors (Lipinski definition) is 2. The van der Waals surface area contributed by atoms with E-state index in [1.54, 1.807) is 6.33 Å². The first-order valence-electron chi connectivity index (χ1n) is 6.79. The lowest BCUT2D eigenvalue weighted by Gasteiger charge is -2.06. The molecule has 1 saturated carbocycles. The molecule has 6 nitrogen and oxygen atoms in total. The van der Waals surface area contributed by atoms with Crippen molar-refractivity contribution in [2.75, 3.05) is 0 Å². The molecule has 0 atom stereocenters. The van der Waals surface area contributed by atoms with Crippen LogP contribution in [-0.2, 0) is 0 Å². The van der Waals surface area contributed by atoms with Gasteiger partial charge in [-0.1, -0.05) is 25.1 Å². The normalized spacial score (nSPS) is 16.2. The summed E-state index contributed by atoms with van der Waals surface area (Å²) in [6, 6.07) is 2.05. The molecule has 102 valence electrons. The first kappa shape index (κ1) is 11.8. The maximum atomic E-state index is 5.46. The van der Waals surface area contributed by atoms with E-state index in [1.807, 2.05) is 4.68 Å². The third-order valence-corrected chi connectivity index (χ3v) is 4.25. The van der Waals surface area contributed by atoms with E-state index in [4.69, 9.17) is 12.2 Å².